The van der Waals surface area contributed by atoms with E-state index in [9.17, 15) is 14.4 Å². The van der Waals surface area contributed by atoms with Crippen molar-refractivity contribution in [3.8, 4) is 0 Å². The first-order valence-corrected chi connectivity index (χ1v) is 9.57. The predicted molar refractivity (Wildman–Crippen MR) is 104 cm³/mol. The number of aromatic nitrogens is 2. The van der Waals surface area contributed by atoms with Gasteiger partial charge in [-0.1, -0.05) is 0 Å². The average Bonchev–Trinajstić information content (AvgIpc) is 3.24. The summed E-state index contributed by atoms with van der Waals surface area (Å²) in [5.41, 5.74) is 0.948. The molecule has 9 heteroatoms. The Morgan fingerprint density at radius 3 is 2.41 bits per heavy atom. The van der Waals surface area contributed by atoms with E-state index in [0.29, 0.717) is 31.9 Å². The fraction of sp³-hybridized carbons (Fsp3) is 0.450. The second-order valence-electron chi connectivity index (χ2n) is 6.99. The van der Waals surface area contributed by atoms with Crippen LogP contribution < -0.4 is 0 Å². The van der Waals surface area contributed by atoms with E-state index in [1.54, 1.807) is 40.0 Å². The van der Waals surface area contributed by atoms with E-state index in [1.807, 2.05) is 0 Å². The lowest BCUT2D eigenvalue weighted by Crippen LogP contribution is -2.50. The second kappa shape index (κ2) is 9.31. The summed E-state index contributed by atoms with van der Waals surface area (Å²) in [5.74, 6) is 0.302. The van der Waals surface area contributed by atoms with Crippen molar-refractivity contribution < 1.29 is 18.8 Å². The van der Waals surface area contributed by atoms with Crippen molar-refractivity contribution >= 4 is 17.7 Å². The average molecular weight is 399 g/mol. The maximum atomic E-state index is 12.9. The van der Waals surface area contributed by atoms with Crippen LogP contribution >= 0.6 is 0 Å². The Labute approximate surface area is 169 Å². The summed E-state index contributed by atoms with van der Waals surface area (Å²) in [5, 5.41) is 0. The highest BCUT2D eigenvalue weighted by Gasteiger charge is 2.24. The van der Waals surface area contributed by atoms with Crippen LogP contribution in [0.5, 0.6) is 0 Å². The zero-order chi connectivity index (χ0) is 20.8. The van der Waals surface area contributed by atoms with Gasteiger partial charge in [-0.05, 0) is 19.1 Å². The Bertz CT molecular complexity index is 842. The largest absolute Gasteiger partial charge is 0.467 e. The molecule has 1 saturated heterocycles. The van der Waals surface area contributed by atoms with E-state index in [1.165, 1.54) is 19.3 Å². The zero-order valence-corrected chi connectivity index (χ0v) is 16.7. The zero-order valence-electron chi connectivity index (χ0n) is 16.7. The summed E-state index contributed by atoms with van der Waals surface area (Å²) in [6.07, 6.45) is 4.71. The number of carbonyl (C=O) groups excluding carboxylic acids is 3. The van der Waals surface area contributed by atoms with Crippen molar-refractivity contribution in [3.05, 3.63) is 47.9 Å². The first-order chi connectivity index (χ1) is 13.9. The number of hydrogen-bond acceptors (Lipinski definition) is 6. The van der Waals surface area contributed by atoms with Gasteiger partial charge >= 0.3 is 0 Å². The molecule has 2 aromatic heterocycles. The molecule has 1 aliphatic heterocycles. The van der Waals surface area contributed by atoms with Crippen LogP contribution in [0.3, 0.4) is 0 Å². The number of nitrogens with zero attached hydrogens (tertiary/aromatic N) is 5. The third kappa shape index (κ3) is 5.40. The van der Waals surface area contributed by atoms with Gasteiger partial charge in [0.15, 0.2) is 0 Å². The molecule has 0 atom stereocenters. The molecule has 0 aromatic carbocycles. The third-order valence-corrected chi connectivity index (χ3v) is 4.89. The van der Waals surface area contributed by atoms with Crippen molar-refractivity contribution in [2.45, 2.75) is 26.8 Å². The van der Waals surface area contributed by atoms with Crippen molar-refractivity contribution in [1.29, 1.82) is 0 Å². The Kier molecular flexibility index (Phi) is 6.58. The number of piperazine rings is 1. The number of furan rings is 1. The van der Waals surface area contributed by atoms with E-state index in [2.05, 4.69) is 9.97 Å². The van der Waals surface area contributed by atoms with Crippen LogP contribution in [0.2, 0.25) is 0 Å². The molecule has 0 radical (unpaired) electrons. The number of amides is 3. The highest BCUT2D eigenvalue weighted by Crippen LogP contribution is 2.11. The molecule has 0 unspecified atom stereocenters. The molecule has 0 N–H and O–H groups in total. The molecule has 9 nitrogen and oxygen atoms in total. The highest BCUT2D eigenvalue weighted by molar-refractivity contribution is 5.92. The molecule has 154 valence electrons. The second-order valence-corrected chi connectivity index (χ2v) is 6.99. The van der Waals surface area contributed by atoms with Crippen LogP contribution in [0.25, 0.3) is 0 Å². The van der Waals surface area contributed by atoms with Crippen molar-refractivity contribution in [2.24, 2.45) is 0 Å². The fourth-order valence-corrected chi connectivity index (χ4v) is 3.17. The number of carbonyl (C=O) groups is 3. The Morgan fingerprint density at radius 1 is 1.10 bits per heavy atom. The van der Waals surface area contributed by atoms with Crippen LogP contribution in [0.15, 0.2) is 35.2 Å². The van der Waals surface area contributed by atoms with E-state index < -0.39 is 0 Å². The van der Waals surface area contributed by atoms with Crippen LogP contribution in [0.1, 0.15) is 35.3 Å². The molecule has 1 fully saturated rings. The smallest absolute Gasteiger partial charge is 0.274 e. The lowest BCUT2D eigenvalue weighted by Gasteiger charge is -2.34. The quantitative estimate of drug-likeness (QED) is 0.721. The van der Waals surface area contributed by atoms with Gasteiger partial charge in [0.05, 0.1) is 24.7 Å². The monoisotopic (exact) mass is 399 g/mol. The van der Waals surface area contributed by atoms with Gasteiger partial charge in [0.25, 0.3) is 5.91 Å². The van der Waals surface area contributed by atoms with Gasteiger partial charge in [-0.15, -0.1) is 0 Å². The van der Waals surface area contributed by atoms with E-state index >= 15 is 0 Å². The van der Waals surface area contributed by atoms with Crippen LogP contribution in [-0.4, -0.2) is 75.1 Å². The molecule has 2 aromatic rings. The molecule has 0 bridgehead atoms. The normalized spacial score (nSPS) is 14.0. The first-order valence-electron chi connectivity index (χ1n) is 9.57. The Hall–Kier alpha value is -3.23. The SMILES string of the molecule is CC(=O)N1CCN(C(=O)CCN(Cc2ccco2)C(=O)c2cnc(C)cn2)CC1. The van der Waals surface area contributed by atoms with Gasteiger partial charge in [-0.2, -0.15) is 0 Å². The van der Waals surface area contributed by atoms with E-state index in [-0.39, 0.29) is 42.9 Å². The first kappa shape index (κ1) is 20.5. The molecule has 3 amide bonds. The van der Waals surface area contributed by atoms with Gasteiger partial charge in [-0.3, -0.25) is 19.4 Å². The molecule has 29 heavy (non-hydrogen) atoms. The van der Waals surface area contributed by atoms with Crippen LogP contribution in [0.4, 0.5) is 0 Å². The molecular formula is C20H25N5O4. The lowest BCUT2D eigenvalue weighted by atomic mass is 10.2. The molecule has 3 heterocycles. The van der Waals surface area contributed by atoms with Gasteiger partial charge in [0, 0.05) is 52.3 Å². The summed E-state index contributed by atoms with van der Waals surface area (Å²) in [4.78, 5) is 50.2. The minimum absolute atomic E-state index is 0.0199. The van der Waals surface area contributed by atoms with Crippen molar-refractivity contribution in [3.63, 3.8) is 0 Å². The summed E-state index contributed by atoms with van der Waals surface area (Å²) < 4.78 is 5.36. The molecule has 1 aliphatic rings. The minimum atomic E-state index is -0.303. The third-order valence-electron chi connectivity index (χ3n) is 4.89. The van der Waals surface area contributed by atoms with E-state index in [4.69, 9.17) is 4.42 Å². The van der Waals surface area contributed by atoms with Gasteiger partial charge in [0.2, 0.25) is 11.8 Å². The highest BCUT2D eigenvalue weighted by atomic mass is 16.3. The maximum Gasteiger partial charge on any atom is 0.274 e. The summed E-state index contributed by atoms with van der Waals surface area (Å²) in [6.45, 7) is 5.90. The molecule has 0 saturated carbocycles. The number of rotatable bonds is 6. The van der Waals surface area contributed by atoms with E-state index in [0.717, 1.165) is 5.69 Å². The summed E-state index contributed by atoms with van der Waals surface area (Å²) in [7, 11) is 0. The molecular weight excluding hydrogens is 374 g/mol. The molecule has 0 spiro atoms. The Morgan fingerprint density at radius 2 is 1.83 bits per heavy atom. The Balaban J connectivity index is 1.62. The minimum Gasteiger partial charge on any atom is -0.467 e. The standard InChI is InChI=1S/C20H25N5O4/c1-15-12-22-18(13-21-15)20(28)25(14-17-4-3-11-29-17)6-5-19(27)24-9-7-23(8-10-24)16(2)26/h3-4,11-13H,5-10,14H2,1-2H3. The maximum absolute atomic E-state index is 12.9. The molecule has 3 rings (SSSR count). The summed E-state index contributed by atoms with van der Waals surface area (Å²) in [6, 6.07) is 3.53. The topological polar surface area (TPSA) is 99.9 Å². The number of hydrogen-bond donors (Lipinski definition) is 0. The van der Waals surface area contributed by atoms with Gasteiger partial charge < -0.3 is 19.1 Å². The van der Waals surface area contributed by atoms with Gasteiger partial charge in [0.1, 0.15) is 11.5 Å². The van der Waals surface area contributed by atoms with Gasteiger partial charge in [-0.25, -0.2) is 4.98 Å². The lowest BCUT2D eigenvalue weighted by molar-refractivity contribution is -0.138. The van der Waals surface area contributed by atoms with Crippen molar-refractivity contribution in [1.82, 2.24) is 24.7 Å². The summed E-state index contributed by atoms with van der Waals surface area (Å²) >= 11 is 0. The number of aryl methyl sites for hydroxylation is 1. The molecule has 0 aliphatic carbocycles. The van der Waals surface area contributed by atoms with Crippen LogP contribution in [0, 0.1) is 6.92 Å². The van der Waals surface area contributed by atoms with Crippen molar-refractivity contribution in [2.75, 3.05) is 32.7 Å². The fourth-order valence-electron chi connectivity index (χ4n) is 3.17. The predicted octanol–water partition coefficient (Wildman–Crippen LogP) is 1.10. The van der Waals surface area contributed by atoms with Crippen LogP contribution in [-0.2, 0) is 16.1 Å².